The van der Waals surface area contributed by atoms with Crippen molar-refractivity contribution in [2.24, 2.45) is 0 Å². The Morgan fingerprint density at radius 1 is 0.897 bits per heavy atom. The molecule has 2 N–H and O–H groups in total. The molecule has 9 heteroatoms. The van der Waals surface area contributed by atoms with Crippen LogP contribution in [0, 0.1) is 0 Å². The molecule has 1 aliphatic heterocycles. The first-order valence-corrected chi connectivity index (χ1v) is 14.8. The molecule has 1 saturated heterocycles. The van der Waals surface area contributed by atoms with E-state index in [2.05, 4.69) is 39.7 Å². The fourth-order valence-corrected chi connectivity index (χ4v) is 6.18. The first kappa shape index (κ1) is 26.9. The van der Waals surface area contributed by atoms with Crippen LogP contribution in [0.15, 0.2) is 78.9 Å². The summed E-state index contributed by atoms with van der Waals surface area (Å²) in [5, 5.41) is 0. The summed E-state index contributed by atoms with van der Waals surface area (Å²) in [4.78, 5) is 10.6. The summed E-state index contributed by atoms with van der Waals surface area (Å²) in [6, 6.07) is 26.0. The minimum Gasteiger partial charge on any atom is -0.497 e. The Morgan fingerprint density at radius 2 is 1.59 bits per heavy atom. The summed E-state index contributed by atoms with van der Waals surface area (Å²) in [5.41, 5.74) is 6.10. The van der Waals surface area contributed by atoms with Gasteiger partial charge in [0.2, 0.25) is 0 Å². The van der Waals surface area contributed by atoms with Gasteiger partial charge < -0.3 is 14.6 Å². The van der Waals surface area contributed by atoms with Crippen molar-refractivity contribution in [1.82, 2.24) is 19.0 Å². The van der Waals surface area contributed by atoms with Crippen LogP contribution in [0.3, 0.4) is 0 Å². The fraction of sp³-hybridized carbons (Fsp3) is 0.300. The van der Waals surface area contributed by atoms with Crippen LogP contribution in [0.1, 0.15) is 18.2 Å². The summed E-state index contributed by atoms with van der Waals surface area (Å²) >= 11 is 0. The van der Waals surface area contributed by atoms with Crippen molar-refractivity contribution in [3.05, 3.63) is 90.1 Å². The highest BCUT2D eigenvalue weighted by Crippen LogP contribution is 2.28. The summed E-state index contributed by atoms with van der Waals surface area (Å²) < 4.78 is 35.9. The summed E-state index contributed by atoms with van der Waals surface area (Å²) in [5.74, 6) is 1.52. The molecule has 0 spiro atoms. The number of aromatic amines is 1. The molecule has 0 amide bonds. The van der Waals surface area contributed by atoms with Crippen LogP contribution in [-0.2, 0) is 23.1 Å². The van der Waals surface area contributed by atoms with Gasteiger partial charge in [0.1, 0.15) is 11.6 Å². The van der Waals surface area contributed by atoms with Crippen molar-refractivity contribution >= 4 is 15.9 Å². The van der Waals surface area contributed by atoms with Gasteiger partial charge in [0.15, 0.2) is 0 Å². The van der Waals surface area contributed by atoms with Crippen LogP contribution in [0.2, 0.25) is 0 Å². The van der Waals surface area contributed by atoms with E-state index in [0.29, 0.717) is 32.6 Å². The van der Waals surface area contributed by atoms with Gasteiger partial charge in [-0.1, -0.05) is 55.5 Å². The number of imidazole rings is 1. The lowest BCUT2D eigenvalue weighted by atomic mass is 10.1. The molecule has 1 fully saturated rings. The molecule has 8 nitrogen and oxygen atoms in total. The largest absolute Gasteiger partial charge is 0.497 e. The van der Waals surface area contributed by atoms with Gasteiger partial charge in [0, 0.05) is 56.0 Å². The molecule has 2 heterocycles. The van der Waals surface area contributed by atoms with Crippen LogP contribution in [0.25, 0.3) is 22.6 Å². The van der Waals surface area contributed by atoms with Gasteiger partial charge in [-0.15, -0.1) is 0 Å². The molecule has 0 radical (unpaired) electrons. The zero-order valence-corrected chi connectivity index (χ0v) is 23.2. The minimum atomic E-state index is -3.60. The average molecular weight is 546 g/mol. The van der Waals surface area contributed by atoms with Crippen molar-refractivity contribution in [1.29, 1.82) is 0 Å². The zero-order chi connectivity index (χ0) is 27.2. The number of hydrogen-bond acceptors (Lipinski definition) is 5. The molecule has 204 valence electrons. The maximum absolute atomic E-state index is 13.1. The Balaban J connectivity index is 1.26. The van der Waals surface area contributed by atoms with Crippen LogP contribution < -0.4 is 14.4 Å². The predicted octanol–water partition coefficient (Wildman–Crippen LogP) is 4.51. The van der Waals surface area contributed by atoms with E-state index in [9.17, 15) is 8.42 Å². The van der Waals surface area contributed by atoms with Crippen molar-refractivity contribution in [2.45, 2.75) is 19.8 Å². The van der Waals surface area contributed by atoms with Gasteiger partial charge in [0.05, 0.1) is 18.5 Å². The third-order valence-electron chi connectivity index (χ3n) is 7.14. The highest BCUT2D eigenvalue weighted by Gasteiger charge is 2.27. The monoisotopic (exact) mass is 545 g/mol. The number of methoxy groups -OCH3 is 1. The maximum atomic E-state index is 13.1. The quantitative estimate of drug-likeness (QED) is 0.306. The van der Waals surface area contributed by atoms with E-state index in [4.69, 9.17) is 9.72 Å². The fourth-order valence-electron chi connectivity index (χ4n) is 5.00. The third kappa shape index (κ3) is 6.16. The molecule has 3 aromatic carbocycles. The lowest BCUT2D eigenvalue weighted by Crippen LogP contribution is -2.52. The van der Waals surface area contributed by atoms with Crippen LogP contribution in [0.5, 0.6) is 5.75 Å². The van der Waals surface area contributed by atoms with E-state index >= 15 is 0 Å². The molecule has 4 aromatic rings. The second-order valence-electron chi connectivity index (χ2n) is 9.52. The normalized spacial score (nSPS) is 14.5. The Kier molecular flexibility index (Phi) is 8.30. The number of para-hydroxylation sites is 1. The van der Waals surface area contributed by atoms with Crippen molar-refractivity contribution in [3.8, 4) is 28.4 Å². The van der Waals surface area contributed by atoms with Crippen LogP contribution in [-0.4, -0.2) is 62.5 Å². The number of hydrogen-bond donors (Lipinski definition) is 2. The molecule has 0 aliphatic carbocycles. The van der Waals surface area contributed by atoms with Gasteiger partial charge in [-0.2, -0.15) is 12.7 Å². The molecule has 5 rings (SSSR count). The molecule has 0 atom stereocenters. The van der Waals surface area contributed by atoms with Gasteiger partial charge in [-0.05, 0) is 42.3 Å². The van der Waals surface area contributed by atoms with Crippen LogP contribution in [0.4, 0.5) is 5.69 Å². The molecular formula is C30H35N5O3S. The first-order valence-electron chi connectivity index (χ1n) is 13.3. The predicted molar refractivity (Wildman–Crippen MR) is 156 cm³/mol. The Morgan fingerprint density at radius 3 is 2.28 bits per heavy atom. The Labute approximate surface area is 230 Å². The minimum absolute atomic E-state index is 0.253. The highest BCUT2D eigenvalue weighted by molar-refractivity contribution is 7.87. The van der Waals surface area contributed by atoms with Crippen molar-refractivity contribution in [3.63, 3.8) is 0 Å². The lowest BCUT2D eigenvalue weighted by molar-refractivity contribution is 0.378. The Hall–Kier alpha value is -3.66. The van der Waals surface area contributed by atoms with Gasteiger partial charge in [0.25, 0.3) is 10.2 Å². The summed E-state index contributed by atoms with van der Waals surface area (Å²) in [6.45, 7) is 4.63. The Bertz CT molecular complexity index is 1480. The summed E-state index contributed by atoms with van der Waals surface area (Å²) in [6.07, 6.45) is 1.40. The van der Waals surface area contributed by atoms with Gasteiger partial charge >= 0.3 is 0 Å². The lowest BCUT2D eigenvalue weighted by Gasteiger charge is -2.36. The van der Waals surface area contributed by atoms with E-state index in [0.717, 1.165) is 40.5 Å². The first-order chi connectivity index (χ1) is 19.0. The standard InChI is InChI=1S/C30H35N5O3S/c1-3-23-9-7-8-12-28(23)34-19-21-35(22-20-34)39(36,37)31-18-17-27-29(24-13-15-26(38-2)16-14-24)33-30(32-27)25-10-5-4-6-11-25/h4-16,31H,3,17-22H2,1-2H3,(H,32,33). The molecular weight excluding hydrogens is 510 g/mol. The van der Waals surface area contributed by atoms with E-state index in [1.807, 2.05) is 60.7 Å². The maximum Gasteiger partial charge on any atom is 0.279 e. The number of anilines is 1. The van der Waals surface area contributed by atoms with Crippen molar-refractivity contribution < 1.29 is 13.2 Å². The van der Waals surface area contributed by atoms with E-state index in [1.54, 1.807) is 11.4 Å². The number of ether oxygens (including phenoxy) is 1. The summed E-state index contributed by atoms with van der Waals surface area (Å²) in [7, 11) is -1.97. The van der Waals surface area contributed by atoms with E-state index in [-0.39, 0.29) is 6.54 Å². The second kappa shape index (κ2) is 12.0. The van der Waals surface area contributed by atoms with E-state index in [1.165, 1.54) is 11.3 Å². The van der Waals surface area contributed by atoms with E-state index < -0.39 is 10.2 Å². The number of rotatable bonds is 10. The number of H-pyrrole nitrogens is 1. The third-order valence-corrected chi connectivity index (χ3v) is 8.76. The number of aromatic nitrogens is 2. The topological polar surface area (TPSA) is 90.6 Å². The van der Waals surface area contributed by atoms with Crippen LogP contribution >= 0.6 is 0 Å². The molecule has 1 aromatic heterocycles. The smallest absolute Gasteiger partial charge is 0.279 e. The van der Waals surface area contributed by atoms with Gasteiger partial charge in [-0.25, -0.2) is 9.71 Å². The number of piperazine rings is 1. The molecule has 0 unspecified atom stereocenters. The number of nitrogens with zero attached hydrogens (tertiary/aromatic N) is 3. The average Bonchev–Trinajstić information content (AvgIpc) is 3.41. The molecule has 39 heavy (non-hydrogen) atoms. The number of nitrogens with one attached hydrogen (secondary N) is 2. The SMILES string of the molecule is CCc1ccccc1N1CCN(S(=O)(=O)NCCc2nc(-c3ccccc3)[nH]c2-c2ccc(OC)cc2)CC1. The second-order valence-corrected chi connectivity index (χ2v) is 11.3. The number of aryl methyl sites for hydroxylation is 1. The molecule has 0 saturated carbocycles. The molecule has 0 bridgehead atoms. The number of benzene rings is 3. The highest BCUT2D eigenvalue weighted by atomic mass is 32.2. The van der Waals surface area contributed by atoms with Gasteiger partial charge in [-0.3, -0.25) is 0 Å². The molecule has 1 aliphatic rings. The zero-order valence-electron chi connectivity index (χ0n) is 22.4. The van der Waals surface area contributed by atoms with Crippen molar-refractivity contribution in [2.75, 3.05) is 44.7 Å².